The number of amides is 1. The van der Waals surface area contributed by atoms with Crippen LogP contribution >= 0.6 is 0 Å². The van der Waals surface area contributed by atoms with Gasteiger partial charge in [-0.1, -0.05) is 26.0 Å². The number of H-pyrrole nitrogens is 1. The summed E-state index contributed by atoms with van der Waals surface area (Å²) in [7, 11) is -3.95. The van der Waals surface area contributed by atoms with E-state index in [4.69, 9.17) is 4.74 Å². The van der Waals surface area contributed by atoms with Crippen molar-refractivity contribution in [2.45, 2.75) is 37.1 Å². The fourth-order valence-electron chi connectivity index (χ4n) is 3.24. The molecule has 0 bridgehead atoms. The van der Waals surface area contributed by atoms with Gasteiger partial charge in [-0.05, 0) is 67.1 Å². The Bertz CT molecular complexity index is 1340. The Labute approximate surface area is 204 Å². The van der Waals surface area contributed by atoms with Gasteiger partial charge in [0, 0.05) is 24.5 Å². The molecule has 0 aliphatic heterocycles. The summed E-state index contributed by atoms with van der Waals surface area (Å²) in [5.41, 5.74) is 2.75. The van der Waals surface area contributed by atoms with E-state index >= 15 is 0 Å². The van der Waals surface area contributed by atoms with E-state index in [0.717, 1.165) is 23.4 Å². The van der Waals surface area contributed by atoms with E-state index in [0.29, 0.717) is 17.9 Å². The molecule has 0 aliphatic carbocycles. The molecule has 0 fully saturated rings. The molecular weight excluding hydrogens is 469 g/mol. The Kier molecular flexibility index (Phi) is 8.24. The fraction of sp³-hybridized carbons (Fsp3) is 0.231. The number of hydrogen-bond donors (Lipinski definition) is 2. The van der Waals surface area contributed by atoms with Crippen molar-refractivity contribution >= 4 is 28.5 Å². The quantitative estimate of drug-likeness (QED) is 0.388. The smallest absolute Gasteiger partial charge is 0.267 e. The predicted octanol–water partition coefficient (Wildman–Crippen LogP) is 4.93. The number of ether oxygens (including phenoxy) is 1. The second-order valence-corrected chi connectivity index (χ2v) is 10.4. The third-order valence-corrected chi connectivity index (χ3v) is 6.82. The van der Waals surface area contributed by atoms with E-state index in [1.165, 1.54) is 24.4 Å². The maximum atomic E-state index is 14.1. The summed E-state index contributed by atoms with van der Waals surface area (Å²) < 4.78 is 45.6. The van der Waals surface area contributed by atoms with Crippen molar-refractivity contribution in [2.75, 3.05) is 6.61 Å². The van der Waals surface area contributed by atoms with Gasteiger partial charge in [-0.15, -0.1) is 0 Å². The highest BCUT2D eigenvalue weighted by atomic mass is 32.2. The third kappa shape index (κ3) is 6.66. The molecule has 2 aromatic carbocycles. The zero-order valence-corrected chi connectivity index (χ0v) is 20.7. The molecule has 0 radical (unpaired) electrons. The number of carbonyl (C=O) groups excluding carboxylic acids is 1. The van der Waals surface area contributed by atoms with Crippen molar-refractivity contribution in [1.82, 2.24) is 10.3 Å². The molecule has 0 spiro atoms. The normalized spacial score (nSPS) is 11.7. The Morgan fingerprint density at radius 3 is 2.54 bits per heavy atom. The summed E-state index contributed by atoms with van der Waals surface area (Å²) in [4.78, 5) is 19.0. The average molecular weight is 498 g/mol. The number of aromatic nitrogens is 1. The van der Waals surface area contributed by atoms with Crippen LogP contribution in [0, 0.1) is 18.7 Å². The third-order valence-electron chi connectivity index (χ3n) is 5.07. The monoisotopic (exact) mass is 497 g/mol. The van der Waals surface area contributed by atoms with Gasteiger partial charge < -0.3 is 15.0 Å². The molecule has 3 rings (SSSR count). The molecule has 35 heavy (non-hydrogen) atoms. The van der Waals surface area contributed by atoms with E-state index in [-0.39, 0.29) is 33.9 Å². The summed E-state index contributed by atoms with van der Waals surface area (Å²) in [6.07, 6.45) is 3.25. The Hall–Kier alpha value is -3.72. The fourth-order valence-corrected chi connectivity index (χ4v) is 4.54. The van der Waals surface area contributed by atoms with Gasteiger partial charge in [-0.25, -0.2) is 12.8 Å². The van der Waals surface area contributed by atoms with Crippen LogP contribution in [-0.4, -0.2) is 32.6 Å². The number of sulfone groups is 1. The maximum absolute atomic E-state index is 14.1. The first-order chi connectivity index (χ1) is 16.6. The molecule has 1 amide bonds. The van der Waals surface area contributed by atoms with Crippen LogP contribution in [0.2, 0.25) is 0 Å². The molecule has 184 valence electrons. The Balaban J connectivity index is 1.70. The number of aliphatic imine (C=N–C) groups is 1. The molecule has 3 aromatic rings. The van der Waals surface area contributed by atoms with Gasteiger partial charge in [0.25, 0.3) is 5.91 Å². The molecule has 7 nitrogen and oxygen atoms in total. The van der Waals surface area contributed by atoms with Crippen LogP contribution in [-0.2, 0) is 16.4 Å². The van der Waals surface area contributed by atoms with Crippen molar-refractivity contribution < 1.29 is 22.3 Å². The van der Waals surface area contributed by atoms with Crippen LogP contribution in [0.5, 0.6) is 5.75 Å². The second kappa shape index (κ2) is 11.1. The number of hydrogen-bond acceptors (Lipinski definition) is 5. The van der Waals surface area contributed by atoms with E-state index in [9.17, 15) is 17.6 Å². The molecule has 1 heterocycles. The van der Waals surface area contributed by atoms with Crippen molar-refractivity contribution in [1.29, 1.82) is 0 Å². The summed E-state index contributed by atoms with van der Waals surface area (Å²) >= 11 is 0. The molecular formula is C26H28FN3O4S. The van der Waals surface area contributed by atoms with Gasteiger partial charge in [-0.2, -0.15) is 0 Å². The zero-order chi connectivity index (χ0) is 25.6. The van der Waals surface area contributed by atoms with Crippen molar-refractivity contribution in [3.63, 3.8) is 0 Å². The number of halogens is 1. The molecule has 0 unspecified atom stereocenters. The molecule has 0 saturated carbocycles. The van der Waals surface area contributed by atoms with Gasteiger partial charge in [0.1, 0.15) is 17.3 Å². The van der Waals surface area contributed by atoms with Crippen molar-refractivity contribution in [3.8, 4) is 5.75 Å². The van der Waals surface area contributed by atoms with E-state index in [2.05, 4.69) is 22.0 Å². The van der Waals surface area contributed by atoms with Crippen LogP contribution in [0.3, 0.4) is 0 Å². The lowest BCUT2D eigenvalue weighted by atomic mass is 10.2. The van der Waals surface area contributed by atoms with Gasteiger partial charge in [0.05, 0.1) is 16.4 Å². The second-order valence-electron chi connectivity index (χ2n) is 8.44. The molecule has 0 saturated heterocycles. The highest BCUT2D eigenvalue weighted by molar-refractivity contribution is 7.91. The SMILES string of the molecule is C=N/C=C\c1[nH]c(C(=O)NCc2ccc(S(=O)(=O)c3cc(F)cc(OCC(C)C)c3)cc2)cc1C. The number of benzene rings is 2. The Morgan fingerprint density at radius 1 is 1.17 bits per heavy atom. The van der Waals surface area contributed by atoms with Crippen molar-refractivity contribution in [2.24, 2.45) is 10.9 Å². The first-order valence-electron chi connectivity index (χ1n) is 11.0. The topological polar surface area (TPSA) is 101 Å². The number of carbonyl (C=O) groups is 1. The largest absolute Gasteiger partial charge is 0.493 e. The molecule has 0 atom stereocenters. The molecule has 1 aromatic heterocycles. The number of aromatic amines is 1. The van der Waals surface area contributed by atoms with Gasteiger partial charge in [-0.3, -0.25) is 9.79 Å². The number of aryl methyl sites for hydroxylation is 1. The average Bonchev–Trinajstić information content (AvgIpc) is 3.20. The number of rotatable bonds is 10. The Morgan fingerprint density at radius 2 is 1.89 bits per heavy atom. The zero-order valence-electron chi connectivity index (χ0n) is 19.8. The standard InChI is InChI=1S/C26H28FN3O4S/c1-17(2)16-34-21-12-20(27)13-23(14-21)35(32,33)22-7-5-19(6-8-22)15-29-26(31)25-11-18(3)24(30-25)9-10-28-4/h5-14,17,30H,4,15-16H2,1-3H3,(H,29,31)/b10-9-. The summed E-state index contributed by atoms with van der Waals surface area (Å²) in [5.74, 6) is -0.621. The highest BCUT2D eigenvalue weighted by Crippen LogP contribution is 2.26. The first-order valence-corrected chi connectivity index (χ1v) is 12.5. The number of nitrogens with one attached hydrogen (secondary N) is 2. The van der Waals surface area contributed by atoms with E-state index in [1.54, 1.807) is 24.3 Å². The summed E-state index contributed by atoms with van der Waals surface area (Å²) in [5, 5.41) is 2.79. The van der Waals surface area contributed by atoms with Gasteiger partial charge >= 0.3 is 0 Å². The van der Waals surface area contributed by atoms with Crippen LogP contribution in [0.1, 0.15) is 41.2 Å². The van der Waals surface area contributed by atoms with Gasteiger partial charge in [0.15, 0.2) is 0 Å². The maximum Gasteiger partial charge on any atom is 0.267 e. The lowest BCUT2D eigenvalue weighted by molar-refractivity contribution is 0.0946. The molecule has 2 N–H and O–H groups in total. The van der Waals surface area contributed by atoms with Crippen LogP contribution < -0.4 is 10.1 Å². The van der Waals surface area contributed by atoms with E-state index in [1.807, 2.05) is 20.8 Å². The highest BCUT2D eigenvalue weighted by Gasteiger charge is 2.20. The summed E-state index contributed by atoms with van der Waals surface area (Å²) in [6, 6.07) is 11.3. The predicted molar refractivity (Wildman–Crippen MR) is 134 cm³/mol. The van der Waals surface area contributed by atoms with Crippen LogP contribution in [0.25, 0.3) is 6.08 Å². The van der Waals surface area contributed by atoms with Crippen molar-refractivity contribution in [3.05, 3.63) is 83.1 Å². The minimum absolute atomic E-state index is 0.0141. The lowest BCUT2D eigenvalue weighted by Gasteiger charge is -2.11. The summed E-state index contributed by atoms with van der Waals surface area (Å²) in [6.45, 7) is 9.67. The minimum Gasteiger partial charge on any atom is -0.493 e. The lowest BCUT2D eigenvalue weighted by Crippen LogP contribution is -2.23. The molecule has 9 heteroatoms. The van der Waals surface area contributed by atoms with Crippen LogP contribution in [0.15, 0.2) is 69.5 Å². The minimum atomic E-state index is -3.95. The van der Waals surface area contributed by atoms with E-state index < -0.39 is 15.7 Å². The molecule has 0 aliphatic rings. The number of nitrogens with zero attached hydrogens (tertiary/aromatic N) is 1. The first kappa shape index (κ1) is 25.9. The van der Waals surface area contributed by atoms with Crippen LogP contribution in [0.4, 0.5) is 4.39 Å². The van der Waals surface area contributed by atoms with Gasteiger partial charge in [0.2, 0.25) is 9.84 Å².